The Morgan fingerprint density at radius 1 is 1.24 bits per heavy atom. The highest BCUT2D eigenvalue weighted by Crippen LogP contribution is 2.55. The van der Waals surface area contributed by atoms with Crippen molar-refractivity contribution in [2.24, 2.45) is 11.8 Å². The molecule has 0 aliphatic heterocycles. The Kier molecular flexibility index (Phi) is 10.2. The van der Waals surface area contributed by atoms with Crippen LogP contribution in [0, 0.1) is 11.8 Å². The second-order valence-electron chi connectivity index (χ2n) is 10.3. The molecule has 0 saturated heterocycles. The number of esters is 2. The lowest BCUT2D eigenvalue weighted by atomic mass is 9.95. The molecule has 1 aliphatic carbocycles. The standard InChI is InChI=1S/C29H39N3O5S/c1-7-13-36-28(35)19(4)15-29(16-22(29)21-11-9-8-10-12-21)32-26(34)24-17-38-27(31-24)25(37-20(5)33)14-23(30-6)18(2)3/h7-12,17-19,22-23,25,30H,1,13-16H2,2-6H3,(H,32,34)/t19-,22?,23+,25+,29?/m0/s1. The molecule has 1 aromatic carbocycles. The van der Waals surface area contributed by atoms with Gasteiger partial charge >= 0.3 is 11.9 Å². The van der Waals surface area contributed by atoms with E-state index in [2.05, 4.69) is 36.0 Å². The smallest absolute Gasteiger partial charge is 0.309 e. The Morgan fingerprint density at radius 2 is 1.95 bits per heavy atom. The average Bonchev–Trinajstić information content (AvgIpc) is 3.33. The van der Waals surface area contributed by atoms with Gasteiger partial charge in [0.25, 0.3) is 5.91 Å². The number of rotatable bonds is 14. The number of amides is 1. The molecule has 5 atom stereocenters. The molecule has 2 aromatic rings. The highest BCUT2D eigenvalue weighted by molar-refractivity contribution is 7.09. The maximum absolute atomic E-state index is 13.4. The Balaban J connectivity index is 1.79. The lowest BCUT2D eigenvalue weighted by molar-refractivity contribution is -0.148. The second kappa shape index (κ2) is 13.2. The predicted octanol–water partition coefficient (Wildman–Crippen LogP) is 4.79. The van der Waals surface area contributed by atoms with E-state index in [1.807, 2.05) is 44.3 Å². The molecule has 1 aliphatic rings. The van der Waals surface area contributed by atoms with Gasteiger partial charge in [-0.05, 0) is 31.4 Å². The molecular formula is C29H39N3O5S. The Hall–Kier alpha value is -3.04. The Morgan fingerprint density at radius 3 is 2.55 bits per heavy atom. The number of nitrogens with zero attached hydrogens (tertiary/aromatic N) is 1. The number of ether oxygens (including phenoxy) is 2. The molecule has 38 heavy (non-hydrogen) atoms. The first kappa shape index (κ1) is 29.5. The topological polar surface area (TPSA) is 107 Å². The highest BCUT2D eigenvalue weighted by atomic mass is 32.1. The summed E-state index contributed by atoms with van der Waals surface area (Å²) in [6.07, 6.45) is 2.69. The molecule has 1 fully saturated rings. The molecule has 1 amide bonds. The molecule has 3 rings (SSSR count). The molecule has 1 aromatic heterocycles. The van der Waals surface area contributed by atoms with Crippen LogP contribution in [0.1, 0.15) is 80.0 Å². The number of carbonyl (C=O) groups is 3. The van der Waals surface area contributed by atoms with Crippen LogP contribution in [-0.4, -0.2) is 48.1 Å². The fourth-order valence-electron chi connectivity index (χ4n) is 4.94. The van der Waals surface area contributed by atoms with Crippen molar-refractivity contribution in [3.63, 3.8) is 0 Å². The molecule has 2 N–H and O–H groups in total. The van der Waals surface area contributed by atoms with E-state index < -0.39 is 23.5 Å². The lowest BCUT2D eigenvalue weighted by Gasteiger charge is -2.24. The zero-order valence-corrected chi connectivity index (χ0v) is 23.7. The van der Waals surface area contributed by atoms with Crippen molar-refractivity contribution in [1.82, 2.24) is 15.6 Å². The van der Waals surface area contributed by atoms with E-state index in [1.165, 1.54) is 24.3 Å². The van der Waals surface area contributed by atoms with Crippen molar-refractivity contribution < 1.29 is 23.9 Å². The van der Waals surface area contributed by atoms with Gasteiger partial charge in [-0.3, -0.25) is 14.4 Å². The van der Waals surface area contributed by atoms with E-state index in [0.717, 1.165) is 5.56 Å². The fourth-order valence-corrected chi connectivity index (χ4v) is 5.78. The quantitative estimate of drug-likeness (QED) is 0.262. The zero-order chi connectivity index (χ0) is 27.9. The van der Waals surface area contributed by atoms with Crippen LogP contribution in [0.2, 0.25) is 0 Å². The number of thiazole rings is 1. The number of nitrogens with one attached hydrogen (secondary N) is 2. The summed E-state index contributed by atoms with van der Waals surface area (Å²) >= 11 is 1.30. The van der Waals surface area contributed by atoms with E-state index >= 15 is 0 Å². The van der Waals surface area contributed by atoms with Gasteiger partial charge in [-0.25, -0.2) is 4.98 Å². The molecular weight excluding hydrogens is 502 g/mol. The molecule has 206 valence electrons. The van der Waals surface area contributed by atoms with Crippen molar-refractivity contribution in [3.8, 4) is 0 Å². The number of hydrogen-bond acceptors (Lipinski definition) is 8. The molecule has 1 heterocycles. The maximum atomic E-state index is 13.4. The molecule has 2 unspecified atom stereocenters. The largest absolute Gasteiger partial charge is 0.461 e. The number of hydrogen-bond donors (Lipinski definition) is 2. The van der Waals surface area contributed by atoms with E-state index in [1.54, 1.807) is 5.38 Å². The predicted molar refractivity (Wildman–Crippen MR) is 148 cm³/mol. The molecule has 8 nitrogen and oxygen atoms in total. The van der Waals surface area contributed by atoms with E-state index in [0.29, 0.717) is 30.2 Å². The first-order valence-electron chi connectivity index (χ1n) is 13.0. The van der Waals surface area contributed by atoms with Crippen molar-refractivity contribution in [2.75, 3.05) is 13.7 Å². The average molecular weight is 542 g/mol. The summed E-state index contributed by atoms with van der Waals surface area (Å²) in [4.78, 5) is 42.3. The SMILES string of the molecule is C=CCOC(=O)[C@@H](C)CC1(NC(=O)c2csc([C@@H](C[C@@H](NC)C(C)C)OC(C)=O)n2)CC1c1ccccc1. The lowest BCUT2D eigenvalue weighted by Crippen LogP contribution is -2.41. The minimum Gasteiger partial charge on any atom is -0.461 e. The van der Waals surface area contributed by atoms with Gasteiger partial charge in [-0.15, -0.1) is 11.3 Å². The first-order valence-corrected chi connectivity index (χ1v) is 13.9. The summed E-state index contributed by atoms with van der Waals surface area (Å²) in [5.74, 6) is -1.02. The second-order valence-corrected chi connectivity index (χ2v) is 11.2. The molecule has 9 heteroatoms. The van der Waals surface area contributed by atoms with Gasteiger partial charge in [0.05, 0.1) is 5.92 Å². The minimum absolute atomic E-state index is 0.0802. The Bertz CT molecular complexity index is 1120. The van der Waals surface area contributed by atoms with Crippen LogP contribution in [-0.2, 0) is 19.1 Å². The zero-order valence-electron chi connectivity index (χ0n) is 22.9. The number of benzene rings is 1. The third-order valence-electron chi connectivity index (χ3n) is 7.04. The van der Waals surface area contributed by atoms with Gasteiger partial charge in [0.2, 0.25) is 0 Å². The molecule has 0 radical (unpaired) electrons. The van der Waals surface area contributed by atoms with Crippen LogP contribution in [0.5, 0.6) is 0 Å². The van der Waals surface area contributed by atoms with Gasteiger partial charge in [0, 0.05) is 36.2 Å². The van der Waals surface area contributed by atoms with Gasteiger partial charge < -0.3 is 20.1 Å². The summed E-state index contributed by atoms with van der Waals surface area (Å²) in [6, 6.07) is 10.1. The first-order chi connectivity index (χ1) is 18.1. The molecule has 0 spiro atoms. The monoisotopic (exact) mass is 541 g/mol. The number of aromatic nitrogens is 1. The molecule has 1 saturated carbocycles. The Labute approximate surface area is 229 Å². The van der Waals surface area contributed by atoms with E-state index in [4.69, 9.17) is 9.47 Å². The van der Waals surface area contributed by atoms with E-state index in [9.17, 15) is 14.4 Å². The third-order valence-corrected chi connectivity index (χ3v) is 7.97. The highest BCUT2D eigenvalue weighted by Gasteiger charge is 2.57. The fraction of sp³-hybridized carbons (Fsp3) is 0.517. The van der Waals surface area contributed by atoms with Crippen molar-refractivity contribution in [2.45, 2.75) is 70.6 Å². The van der Waals surface area contributed by atoms with Crippen molar-refractivity contribution in [1.29, 1.82) is 0 Å². The van der Waals surface area contributed by atoms with Gasteiger partial charge in [0.1, 0.15) is 17.3 Å². The normalized spacial score (nSPS) is 20.7. The van der Waals surface area contributed by atoms with Crippen LogP contribution in [0.4, 0.5) is 0 Å². The minimum atomic E-state index is -0.584. The number of carbonyl (C=O) groups excluding carboxylic acids is 3. The van der Waals surface area contributed by atoms with Crippen LogP contribution >= 0.6 is 11.3 Å². The summed E-state index contributed by atoms with van der Waals surface area (Å²) in [6.45, 7) is 11.1. The summed E-state index contributed by atoms with van der Waals surface area (Å²) in [7, 11) is 1.88. The maximum Gasteiger partial charge on any atom is 0.309 e. The van der Waals surface area contributed by atoms with Crippen LogP contribution < -0.4 is 10.6 Å². The molecule has 0 bridgehead atoms. The third kappa shape index (κ3) is 7.51. The van der Waals surface area contributed by atoms with Crippen LogP contribution in [0.3, 0.4) is 0 Å². The van der Waals surface area contributed by atoms with Crippen LogP contribution in [0.15, 0.2) is 48.4 Å². The van der Waals surface area contributed by atoms with Gasteiger partial charge in [-0.1, -0.05) is 63.8 Å². The summed E-state index contributed by atoms with van der Waals surface area (Å²) in [5, 5.41) is 8.74. The van der Waals surface area contributed by atoms with Crippen molar-refractivity contribution >= 4 is 29.2 Å². The van der Waals surface area contributed by atoms with Gasteiger partial charge in [-0.2, -0.15) is 0 Å². The van der Waals surface area contributed by atoms with Gasteiger partial charge in [0.15, 0.2) is 6.10 Å². The van der Waals surface area contributed by atoms with Crippen molar-refractivity contribution in [3.05, 3.63) is 64.6 Å². The summed E-state index contributed by atoms with van der Waals surface area (Å²) < 4.78 is 10.8. The van der Waals surface area contributed by atoms with E-state index in [-0.39, 0.29) is 36.1 Å². The summed E-state index contributed by atoms with van der Waals surface area (Å²) in [5.41, 5.74) is 0.798. The van der Waals surface area contributed by atoms with Crippen LogP contribution in [0.25, 0.3) is 0 Å².